The highest BCUT2D eigenvalue weighted by molar-refractivity contribution is 6.04. The van der Waals surface area contributed by atoms with Crippen LogP contribution in [0.5, 0.6) is 0 Å². The van der Waals surface area contributed by atoms with E-state index in [0.717, 1.165) is 12.1 Å². The van der Waals surface area contributed by atoms with Gasteiger partial charge in [0.2, 0.25) is 0 Å². The van der Waals surface area contributed by atoms with Gasteiger partial charge >= 0.3 is 6.18 Å². The summed E-state index contributed by atoms with van der Waals surface area (Å²) in [6, 6.07) is 9.44. The molecule has 0 atom stereocenters. The second kappa shape index (κ2) is 6.43. The number of carbonyl (C=O) groups excluding carboxylic acids is 1. The van der Waals surface area contributed by atoms with Gasteiger partial charge in [-0.05, 0) is 48.5 Å². The number of rotatable bonds is 4. The number of ketones is 1. The van der Waals surface area contributed by atoms with E-state index in [1.165, 1.54) is 48.7 Å². The van der Waals surface area contributed by atoms with Crippen LogP contribution >= 0.6 is 0 Å². The smallest absolute Gasteiger partial charge is 0.362 e. The van der Waals surface area contributed by atoms with Crippen LogP contribution in [0.3, 0.4) is 0 Å². The molecule has 0 saturated heterocycles. The van der Waals surface area contributed by atoms with Gasteiger partial charge in [-0.3, -0.25) is 4.79 Å². The SMILES string of the molecule is O=C(C=CNc1ccc(C(F)(F)F)cc1)c1ccc(F)cc1. The molecule has 0 saturated carbocycles. The lowest BCUT2D eigenvalue weighted by atomic mass is 10.1. The van der Waals surface area contributed by atoms with Gasteiger partial charge in [0.15, 0.2) is 5.78 Å². The van der Waals surface area contributed by atoms with Crippen molar-refractivity contribution in [2.75, 3.05) is 5.32 Å². The van der Waals surface area contributed by atoms with Gasteiger partial charge in [0.25, 0.3) is 0 Å². The average molecular weight is 309 g/mol. The Bertz CT molecular complexity index is 673. The van der Waals surface area contributed by atoms with Crippen LogP contribution in [-0.2, 0) is 6.18 Å². The van der Waals surface area contributed by atoms with Crippen molar-refractivity contribution in [2.24, 2.45) is 0 Å². The molecule has 0 spiro atoms. The van der Waals surface area contributed by atoms with E-state index in [1.807, 2.05) is 0 Å². The van der Waals surface area contributed by atoms with Gasteiger partial charge in [-0.25, -0.2) is 4.39 Å². The summed E-state index contributed by atoms with van der Waals surface area (Å²) in [6.45, 7) is 0. The van der Waals surface area contributed by atoms with E-state index in [1.54, 1.807) is 0 Å². The maximum Gasteiger partial charge on any atom is 0.416 e. The van der Waals surface area contributed by atoms with E-state index in [4.69, 9.17) is 0 Å². The average Bonchev–Trinajstić information content (AvgIpc) is 2.47. The van der Waals surface area contributed by atoms with E-state index >= 15 is 0 Å². The quantitative estimate of drug-likeness (QED) is 0.506. The molecule has 6 heteroatoms. The number of hydrogen-bond donors (Lipinski definition) is 1. The Morgan fingerprint density at radius 2 is 1.55 bits per heavy atom. The molecule has 0 heterocycles. The van der Waals surface area contributed by atoms with E-state index < -0.39 is 17.6 Å². The Morgan fingerprint density at radius 3 is 2.09 bits per heavy atom. The maximum absolute atomic E-state index is 12.7. The predicted molar refractivity (Wildman–Crippen MR) is 74.9 cm³/mol. The number of halogens is 4. The fourth-order valence-corrected chi connectivity index (χ4v) is 1.68. The lowest BCUT2D eigenvalue weighted by molar-refractivity contribution is -0.137. The predicted octanol–water partition coefficient (Wildman–Crippen LogP) is 4.65. The summed E-state index contributed by atoms with van der Waals surface area (Å²) in [5.74, 6) is -0.789. The summed E-state index contributed by atoms with van der Waals surface area (Å²) in [5.41, 5.74) is -0.0209. The molecule has 0 fully saturated rings. The first-order chi connectivity index (χ1) is 10.4. The van der Waals surface area contributed by atoms with E-state index in [0.29, 0.717) is 11.3 Å². The summed E-state index contributed by atoms with van der Waals surface area (Å²) in [4.78, 5) is 11.7. The zero-order valence-corrected chi connectivity index (χ0v) is 11.2. The summed E-state index contributed by atoms with van der Waals surface area (Å²) in [7, 11) is 0. The van der Waals surface area contributed by atoms with Crippen molar-refractivity contribution < 1.29 is 22.4 Å². The van der Waals surface area contributed by atoms with Crippen LogP contribution in [0.1, 0.15) is 15.9 Å². The Morgan fingerprint density at radius 1 is 0.955 bits per heavy atom. The molecule has 0 unspecified atom stereocenters. The molecule has 0 aromatic heterocycles. The molecule has 0 amide bonds. The Labute approximate surface area is 124 Å². The highest BCUT2D eigenvalue weighted by Gasteiger charge is 2.29. The molecule has 2 aromatic rings. The summed E-state index contributed by atoms with van der Waals surface area (Å²) in [6.07, 6.45) is -1.86. The molecule has 0 aliphatic carbocycles. The monoisotopic (exact) mass is 309 g/mol. The number of anilines is 1. The summed E-state index contributed by atoms with van der Waals surface area (Å²) < 4.78 is 49.9. The molecule has 114 valence electrons. The first-order valence-corrected chi connectivity index (χ1v) is 6.26. The van der Waals surface area contributed by atoms with Crippen LogP contribution in [0.4, 0.5) is 23.2 Å². The van der Waals surface area contributed by atoms with Gasteiger partial charge in [-0.1, -0.05) is 0 Å². The number of allylic oxidation sites excluding steroid dienone is 1. The van der Waals surface area contributed by atoms with Crippen LogP contribution in [0.2, 0.25) is 0 Å². The number of hydrogen-bond acceptors (Lipinski definition) is 2. The second-order valence-electron chi connectivity index (χ2n) is 4.42. The zero-order chi connectivity index (χ0) is 16.2. The Hall–Kier alpha value is -2.63. The molecular weight excluding hydrogens is 298 g/mol. The van der Waals surface area contributed by atoms with E-state index in [2.05, 4.69) is 5.32 Å². The van der Waals surface area contributed by atoms with Gasteiger partial charge in [0.05, 0.1) is 5.56 Å². The highest BCUT2D eigenvalue weighted by Crippen LogP contribution is 2.29. The molecule has 22 heavy (non-hydrogen) atoms. The van der Waals surface area contributed by atoms with Crippen molar-refractivity contribution in [1.82, 2.24) is 0 Å². The van der Waals surface area contributed by atoms with Crippen molar-refractivity contribution in [1.29, 1.82) is 0 Å². The summed E-state index contributed by atoms with van der Waals surface area (Å²) in [5, 5.41) is 2.69. The van der Waals surface area contributed by atoms with Gasteiger partial charge in [0, 0.05) is 23.5 Å². The fourth-order valence-electron chi connectivity index (χ4n) is 1.68. The van der Waals surface area contributed by atoms with Crippen LogP contribution in [0, 0.1) is 5.82 Å². The Balaban J connectivity index is 1.97. The lowest BCUT2D eigenvalue weighted by Gasteiger charge is -2.07. The van der Waals surface area contributed by atoms with Crippen LogP contribution in [-0.4, -0.2) is 5.78 Å². The Kier molecular flexibility index (Phi) is 4.60. The first-order valence-electron chi connectivity index (χ1n) is 6.26. The van der Waals surface area contributed by atoms with Crippen molar-refractivity contribution in [3.63, 3.8) is 0 Å². The van der Waals surface area contributed by atoms with Crippen molar-refractivity contribution in [3.05, 3.63) is 77.8 Å². The minimum Gasteiger partial charge on any atom is -0.362 e. The number of benzene rings is 2. The van der Waals surface area contributed by atoms with Gasteiger partial charge < -0.3 is 5.32 Å². The molecule has 0 radical (unpaired) electrons. The van der Waals surface area contributed by atoms with Crippen LogP contribution in [0.25, 0.3) is 0 Å². The minimum atomic E-state index is -4.38. The number of nitrogens with one attached hydrogen (secondary N) is 1. The van der Waals surface area contributed by atoms with Gasteiger partial charge in [0.1, 0.15) is 5.82 Å². The normalized spacial score (nSPS) is 11.6. The topological polar surface area (TPSA) is 29.1 Å². The first kappa shape index (κ1) is 15.8. The standard InChI is InChI=1S/C16H11F4NO/c17-13-5-1-11(2-6-13)15(22)9-10-21-14-7-3-12(4-8-14)16(18,19)20/h1-10,21H. The molecular formula is C16H11F4NO. The maximum atomic E-state index is 12.7. The third-order valence-corrected chi connectivity index (χ3v) is 2.83. The second-order valence-corrected chi connectivity index (χ2v) is 4.42. The van der Waals surface area contributed by atoms with Crippen LogP contribution in [0.15, 0.2) is 60.8 Å². The lowest BCUT2D eigenvalue weighted by Crippen LogP contribution is -2.04. The molecule has 2 nitrogen and oxygen atoms in total. The minimum absolute atomic E-state index is 0.312. The number of carbonyl (C=O) groups is 1. The number of alkyl halides is 3. The molecule has 1 N–H and O–H groups in total. The van der Waals surface area contributed by atoms with Crippen molar-refractivity contribution in [3.8, 4) is 0 Å². The third kappa shape index (κ3) is 4.18. The highest BCUT2D eigenvalue weighted by atomic mass is 19.4. The molecule has 0 bridgehead atoms. The fraction of sp³-hybridized carbons (Fsp3) is 0.0625. The van der Waals surface area contributed by atoms with Gasteiger partial charge in [-0.15, -0.1) is 0 Å². The molecule has 2 aromatic carbocycles. The van der Waals surface area contributed by atoms with Crippen molar-refractivity contribution >= 4 is 11.5 Å². The largest absolute Gasteiger partial charge is 0.416 e. The van der Waals surface area contributed by atoms with Gasteiger partial charge in [-0.2, -0.15) is 13.2 Å². The van der Waals surface area contributed by atoms with E-state index in [-0.39, 0.29) is 5.78 Å². The van der Waals surface area contributed by atoms with Crippen LogP contribution < -0.4 is 5.32 Å². The van der Waals surface area contributed by atoms with Crippen molar-refractivity contribution in [2.45, 2.75) is 6.18 Å². The summed E-state index contributed by atoms with van der Waals surface area (Å²) >= 11 is 0. The van der Waals surface area contributed by atoms with E-state index in [9.17, 15) is 22.4 Å². The molecule has 0 aliphatic rings. The molecule has 2 rings (SSSR count). The zero-order valence-electron chi connectivity index (χ0n) is 11.2. The third-order valence-electron chi connectivity index (χ3n) is 2.83. The molecule has 0 aliphatic heterocycles.